The summed E-state index contributed by atoms with van der Waals surface area (Å²) in [5.74, 6) is -0.540. The summed E-state index contributed by atoms with van der Waals surface area (Å²) in [6.45, 7) is 0. The molecule has 5 nitrogen and oxygen atoms in total. The molecule has 0 aliphatic rings. The highest BCUT2D eigenvalue weighted by Crippen LogP contribution is 2.23. The number of nitrogens with one attached hydrogen (secondary N) is 1. The zero-order valence-corrected chi connectivity index (χ0v) is 11.0. The van der Waals surface area contributed by atoms with Gasteiger partial charge in [0.1, 0.15) is 9.96 Å². The maximum absolute atomic E-state index is 11.8. The molecule has 1 aromatic carbocycles. The van der Waals surface area contributed by atoms with Crippen molar-refractivity contribution in [1.29, 1.82) is 0 Å². The minimum Gasteiger partial charge on any atom is -0.507 e. The third-order valence-corrected chi connectivity index (χ3v) is 4.47. The van der Waals surface area contributed by atoms with Crippen LogP contribution in [0.25, 0.3) is 0 Å². The number of phenols is 1. The van der Waals surface area contributed by atoms with Crippen molar-refractivity contribution in [2.45, 2.75) is 4.21 Å². The van der Waals surface area contributed by atoms with Gasteiger partial charge in [0.15, 0.2) is 5.13 Å². The Bertz CT molecular complexity index is 610. The molecule has 1 unspecified atom stereocenters. The summed E-state index contributed by atoms with van der Waals surface area (Å²) in [5.41, 5.74) is 0.173. The number of hydrogen-bond donors (Lipinski definition) is 2. The fourth-order valence-electron chi connectivity index (χ4n) is 1.28. The van der Waals surface area contributed by atoms with E-state index in [1.54, 1.807) is 18.4 Å². The van der Waals surface area contributed by atoms with E-state index in [0.29, 0.717) is 9.34 Å². The van der Waals surface area contributed by atoms with E-state index in [0.717, 1.165) is 11.3 Å². The highest BCUT2D eigenvalue weighted by Gasteiger charge is 2.13. The number of carbonyl (C=O) groups is 1. The van der Waals surface area contributed by atoms with Crippen LogP contribution in [0.1, 0.15) is 10.4 Å². The maximum atomic E-state index is 11.8. The van der Waals surface area contributed by atoms with Crippen molar-refractivity contribution >= 4 is 33.2 Å². The lowest BCUT2D eigenvalue weighted by molar-refractivity contribution is 0.102. The third kappa shape index (κ3) is 2.74. The quantitative estimate of drug-likeness (QED) is 0.900. The molecule has 2 N–H and O–H groups in total. The van der Waals surface area contributed by atoms with Gasteiger partial charge in [0.25, 0.3) is 5.91 Å². The summed E-state index contributed by atoms with van der Waals surface area (Å²) in [4.78, 5) is 15.8. The van der Waals surface area contributed by atoms with Crippen LogP contribution in [0, 0.1) is 0 Å². The summed E-state index contributed by atoms with van der Waals surface area (Å²) in [7, 11) is -1.12. The molecule has 1 atom stereocenters. The highest BCUT2D eigenvalue weighted by molar-refractivity contribution is 7.86. The Kier molecular flexibility index (Phi) is 3.73. The van der Waals surface area contributed by atoms with Gasteiger partial charge in [0.2, 0.25) is 0 Å². The fourth-order valence-corrected chi connectivity index (χ4v) is 2.73. The average Bonchev–Trinajstić information content (AvgIpc) is 2.78. The molecule has 1 aromatic heterocycles. The van der Waals surface area contributed by atoms with Gasteiger partial charge in [0, 0.05) is 6.26 Å². The first kappa shape index (κ1) is 12.7. The summed E-state index contributed by atoms with van der Waals surface area (Å²) in [6, 6.07) is 6.23. The van der Waals surface area contributed by atoms with Crippen molar-refractivity contribution in [1.82, 2.24) is 4.98 Å². The smallest absolute Gasteiger partial charge is 0.261 e. The number of rotatable bonds is 3. The zero-order chi connectivity index (χ0) is 13.1. The number of thiazole rings is 1. The molecule has 7 heteroatoms. The summed E-state index contributed by atoms with van der Waals surface area (Å²) < 4.78 is 11.8. The second-order valence-corrected chi connectivity index (χ2v) is 6.05. The maximum Gasteiger partial charge on any atom is 0.261 e. The predicted molar refractivity (Wildman–Crippen MR) is 70.5 cm³/mol. The Morgan fingerprint density at radius 3 is 2.78 bits per heavy atom. The van der Waals surface area contributed by atoms with E-state index in [9.17, 15) is 14.1 Å². The van der Waals surface area contributed by atoms with E-state index >= 15 is 0 Å². The minimum atomic E-state index is -1.12. The topological polar surface area (TPSA) is 79.3 Å². The molecule has 0 saturated carbocycles. The standard InChI is InChI=1S/C11H10N2O3S2/c1-18(16)9-6-12-11(17-9)13-10(15)7-4-2-3-5-8(7)14/h2-6,14H,1H3,(H,12,13,15). The number of nitrogens with zero attached hydrogens (tertiary/aromatic N) is 1. The van der Waals surface area contributed by atoms with Crippen LogP contribution in [0.3, 0.4) is 0 Å². The van der Waals surface area contributed by atoms with Crippen molar-refractivity contribution in [3.8, 4) is 5.75 Å². The van der Waals surface area contributed by atoms with Crippen LogP contribution >= 0.6 is 11.3 Å². The van der Waals surface area contributed by atoms with Gasteiger partial charge in [-0.1, -0.05) is 23.5 Å². The molecule has 18 heavy (non-hydrogen) atoms. The second-order valence-electron chi connectivity index (χ2n) is 3.41. The molecule has 0 radical (unpaired) electrons. The fraction of sp³-hybridized carbons (Fsp3) is 0.0909. The van der Waals surface area contributed by atoms with E-state index in [1.807, 2.05) is 0 Å². The van der Waals surface area contributed by atoms with E-state index in [4.69, 9.17) is 0 Å². The van der Waals surface area contributed by atoms with Gasteiger partial charge in [-0.25, -0.2) is 4.98 Å². The molecule has 2 aromatic rings. The van der Waals surface area contributed by atoms with Crippen LogP contribution in [0.5, 0.6) is 5.75 Å². The average molecular weight is 282 g/mol. The monoisotopic (exact) mass is 282 g/mol. The van der Waals surface area contributed by atoms with Gasteiger partial charge in [0.05, 0.1) is 22.6 Å². The molecule has 0 spiro atoms. The first-order valence-electron chi connectivity index (χ1n) is 4.96. The molecule has 0 aliphatic carbocycles. The zero-order valence-electron chi connectivity index (χ0n) is 9.41. The molecule has 0 aliphatic heterocycles. The first-order valence-corrected chi connectivity index (χ1v) is 7.34. The van der Waals surface area contributed by atoms with Crippen molar-refractivity contribution < 1.29 is 14.1 Å². The Hall–Kier alpha value is -1.73. The lowest BCUT2D eigenvalue weighted by Gasteiger charge is -2.03. The lowest BCUT2D eigenvalue weighted by atomic mass is 10.2. The van der Waals surface area contributed by atoms with Crippen LogP contribution in [0.2, 0.25) is 0 Å². The number of carbonyl (C=O) groups excluding carboxylic acids is 1. The first-order chi connectivity index (χ1) is 8.58. The predicted octanol–water partition coefficient (Wildman–Crippen LogP) is 1.84. The summed E-state index contributed by atoms with van der Waals surface area (Å²) in [6.07, 6.45) is 3.00. The van der Waals surface area contributed by atoms with Gasteiger partial charge < -0.3 is 5.11 Å². The van der Waals surface area contributed by atoms with E-state index in [2.05, 4.69) is 10.3 Å². The third-order valence-electron chi connectivity index (χ3n) is 2.14. The van der Waals surface area contributed by atoms with Gasteiger partial charge >= 0.3 is 0 Å². The number of para-hydroxylation sites is 1. The van der Waals surface area contributed by atoms with Crippen LogP contribution < -0.4 is 5.32 Å². The van der Waals surface area contributed by atoms with Crippen molar-refractivity contribution in [2.75, 3.05) is 11.6 Å². The van der Waals surface area contributed by atoms with Gasteiger partial charge in [-0.2, -0.15) is 0 Å². The molecule has 1 amide bonds. The number of benzene rings is 1. The van der Waals surface area contributed by atoms with Crippen LogP contribution in [0.4, 0.5) is 5.13 Å². The van der Waals surface area contributed by atoms with E-state index in [1.165, 1.54) is 18.3 Å². The Balaban J connectivity index is 2.16. The van der Waals surface area contributed by atoms with Gasteiger partial charge in [-0.3, -0.25) is 14.3 Å². The lowest BCUT2D eigenvalue weighted by Crippen LogP contribution is -2.11. The normalized spacial score (nSPS) is 12.1. The summed E-state index contributed by atoms with van der Waals surface area (Å²) >= 11 is 1.14. The van der Waals surface area contributed by atoms with Crippen molar-refractivity contribution in [3.05, 3.63) is 36.0 Å². The SMILES string of the molecule is CS(=O)c1cnc(NC(=O)c2ccccc2O)s1. The Labute approximate surface area is 110 Å². The minimum absolute atomic E-state index is 0.0918. The van der Waals surface area contributed by atoms with Gasteiger partial charge in [-0.05, 0) is 12.1 Å². The molecular formula is C11H10N2O3S2. The number of hydrogen-bond acceptors (Lipinski definition) is 5. The molecule has 0 saturated heterocycles. The van der Waals surface area contributed by atoms with E-state index < -0.39 is 16.7 Å². The second kappa shape index (κ2) is 5.28. The number of phenolic OH excluding ortho intramolecular Hbond substituents is 1. The number of aromatic hydroxyl groups is 1. The van der Waals surface area contributed by atoms with Crippen LogP contribution in [0.15, 0.2) is 34.7 Å². The highest BCUT2D eigenvalue weighted by atomic mass is 32.2. The van der Waals surface area contributed by atoms with Crippen molar-refractivity contribution in [3.63, 3.8) is 0 Å². The molecule has 0 fully saturated rings. The number of aromatic nitrogens is 1. The number of anilines is 1. The van der Waals surface area contributed by atoms with Crippen molar-refractivity contribution in [2.24, 2.45) is 0 Å². The summed E-state index contributed by atoms with van der Waals surface area (Å²) in [5, 5.41) is 12.4. The molecule has 0 bridgehead atoms. The molecular weight excluding hydrogens is 272 g/mol. The molecule has 94 valence electrons. The largest absolute Gasteiger partial charge is 0.507 e. The number of amides is 1. The Morgan fingerprint density at radius 1 is 1.44 bits per heavy atom. The van der Waals surface area contributed by atoms with Crippen LogP contribution in [-0.2, 0) is 10.8 Å². The molecule has 2 rings (SSSR count). The molecule has 1 heterocycles. The van der Waals surface area contributed by atoms with E-state index in [-0.39, 0.29) is 11.3 Å². The Morgan fingerprint density at radius 2 is 2.17 bits per heavy atom. The van der Waals surface area contributed by atoms with Gasteiger partial charge in [-0.15, -0.1) is 0 Å². The van der Waals surface area contributed by atoms with Crippen LogP contribution in [-0.4, -0.2) is 26.5 Å².